The van der Waals surface area contributed by atoms with Crippen LogP contribution in [0, 0.1) is 0 Å². The minimum Gasteiger partial charge on any atom is -0.497 e. The fourth-order valence-corrected chi connectivity index (χ4v) is 4.12. The lowest BCUT2D eigenvalue weighted by Crippen LogP contribution is -2.24. The summed E-state index contributed by atoms with van der Waals surface area (Å²) < 4.78 is 5.12. The minimum absolute atomic E-state index is 0.0209. The smallest absolute Gasteiger partial charge is 0.230 e. The molecule has 2 amide bonds. The van der Waals surface area contributed by atoms with Gasteiger partial charge in [0.1, 0.15) is 10.8 Å². The van der Waals surface area contributed by atoms with Crippen molar-refractivity contribution < 1.29 is 14.3 Å². The van der Waals surface area contributed by atoms with Crippen LogP contribution in [0.3, 0.4) is 0 Å². The molecule has 1 N–H and O–H groups in total. The van der Waals surface area contributed by atoms with Crippen LogP contribution in [0.15, 0.2) is 54.6 Å². The van der Waals surface area contributed by atoms with Crippen LogP contribution in [0.25, 0.3) is 0 Å². The zero-order chi connectivity index (χ0) is 20.2. The number of para-hydroxylation sites is 1. The molecule has 2 aromatic carbocycles. The molecular formula is C21H20N4O3S. The maximum absolute atomic E-state index is 12.4. The summed E-state index contributed by atoms with van der Waals surface area (Å²) in [5, 5.41) is 12.3. The van der Waals surface area contributed by atoms with Gasteiger partial charge in [-0.25, -0.2) is 0 Å². The summed E-state index contributed by atoms with van der Waals surface area (Å²) in [5.41, 5.74) is 1.77. The average molecular weight is 408 g/mol. The molecule has 2 heterocycles. The Balaban J connectivity index is 1.37. The molecule has 8 heteroatoms. The number of amides is 2. The Morgan fingerprint density at radius 3 is 2.66 bits per heavy atom. The molecule has 1 unspecified atom stereocenters. The summed E-state index contributed by atoms with van der Waals surface area (Å²) in [4.78, 5) is 26.5. The zero-order valence-electron chi connectivity index (χ0n) is 15.9. The number of carbonyl (C=O) groups excluding carboxylic acids is 2. The van der Waals surface area contributed by atoms with Gasteiger partial charge < -0.3 is 15.0 Å². The van der Waals surface area contributed by atoms with E-state index in [-0.39, 0.29) is 24.2 Å². The zero-order valence-corrected chi connectivity index (χ0v) is 16.7. The van der Waals surface area contributed by atoms with E-state index >= 15 is 0 Å². The molecule has 1 saturated heterocycles. The molecule has 148 valence electrons. The van der Waals surface area contributed by atoms with Crippen molar-refractivity contribution in [3.8, 4) is 5.75 Å². The van der Waals surface area contributed by atoms with E-state index in [2.05, 4.69) is 15.5 Å². The number of hydrogen-bond donors (Lipinski definition) is 1. The molecule has 0 bridgehead atoms. The molecular weight excluding hydrogens is 388 g/mol. The van der Waals surface area contributed by atoms with Gasteiger partial charge in [-0.05, 0) is 29.8 Å². The molecule has 1 fully saturated rings. The Kier molecular flexibility index (Phi) is 5.53. The van der Waals surface area contributed by atoms with Gasteiger partial charge in [0.25, 0.3) is 0 Å². The maximum atomic E-state index is 12.4. The lowest BCUT2D eigenvalue weighted by molar-refractivity contribution is -0.117. The molecule has 0 spiro atoms. The van der Waals surface area contributed by atoms with Crippen molar-refractivity contribution >= 4 is 34.0 Å². The second kappa shape index (κ2) is 8.40. The van der Waals surface area contributed by atoms with E-state index < -0.39 is 0 Å². The summed E-state index contributed by atoms with van der Waals surface area (Å²) in [6.07, 6.45) is 0.631. The topological polar surface area (TPSA) is 84.4 Å². The van der Waals surface area contributed by atoms with Crippen molar-refractivity contribution in [2.45, 2.75) is 18.8 Å². The Bertz CT molecular complexity index is 1000. The van der Waals surface area contributed by atoms with E-state index in [9.17, 15) is 9.59 Å². The molecule has 1 aliphatic heterocycles. The van der Waals surface area contributed by atoms with Crippen molar-refractivity contribution in [1.82, 2.24) is 10.2 Å². The van der Waals surface area contributed by atoms with Gasteiger partial charge in [0, 0.05) is 24.6 Å². The fourth-order valence-electron chi connectivity index (χ4n) is 3.27. The Labute approximate surface area is 172 Å². The van der Waals surface area contributed by atoms with Crippen LogP contribution in [-0.2, 0) is 16.0 Å². The van der Waals surface area contributed by atoms with Crippen LogP contribution < -0.4 is 15.0 Å². The number of aromatic nitrogens is 2. The molecule has 3 aromatic rings. The van der Waals surface area contributed by atoms with Crippen molar-refractivity contribution in [3.63, 3.8) is 0 Å². The van der Waals surface area contributed by atoms with E-state index in [1.54, 1.807) is 12.0 Å². The highest BCUT2D eigenvalue weighted by Crippen LogP contribution is 2.34. The molecule has 1 aromatic heterocycles. The van der Waals surface area contributed by atoms with Gasteiger partial charge in [0.05, 0.1) is 13.5 Å². The molecule has 0 aliphatic carbocycles. The molecule has 1 aliphatic rings. The van der Waals surface area contributed by atoms with Gasteiger partial charge >= 0.3 is 0 Å². The predicted molar refractivity (Wildman–Crippen MR) is 111 cm³/mol. The lowest BCUT2D eigenvalue weighted by Gasteiger charge is -2.15. The third kappa shape index (κ3) is 4.43. The second-order valence-electron chi connectivity index (χ2n) is 6.76. The van der Waals surface area contributed by atoms with Gasteiger partial charge in [-0.2, -0.15) is 0 Å². The number of ether oxygens (including phenoxy) is 1. The number of nitrogens with one attached hydrogen (secondary N) is 1. The molecule has 7 nitrogen and oxygen atoms in total. The Hall–Kier alpha value is -3.26. The minimum atomic E-state index is -0.161. The van der Waals surface area contributed by atoms with Crippen LogP contribution in [-0.4, -0.2) is 35.7 Å². The number of hydrogen-bond acceptors (Lipinski definition) is 6. The number of rotatable bonds is 6. The Morgan fingerprint density at radius 2 is 1.93 bits per heavy atom. The monoisotopic (exact) mass is 408 g/mol. The van der Waals surface area contributed by atoms with E-state index in [1.165, 1.54) is 11.3 Å². The van der Waals surface area contributed by atoms with E-state index in [4.69, 9.17) is 4.74 Å². The summed E-state index contributed by atoms with van der Waals surface area (Å²) in [6.45, 7) is 0.567. The third-order valence-corrected chi connectivity index (χ3v) is 5.75. The summed E-state index contributed by atoms with van der Waals surface area (Å²) in [5.74, 6) is 0.638. The number of nitrogens with zero attached hydrogens (tertiary/aromatic N) is 3. The maximum Gasteiger partial charge on any atom is 0.230 e. The average Bonchev–Trinajstić information content (AvgIpc) is 3.35. The SMILES string of the molecule is COc1ccc(CC(=O)Nc2nnc(C3CC(=O)N(c4ccccc4)C3)s2)cc1. The van der Waals surface area contributed by atoms with Gasteiger partial charge in [0.2, 0.25) is 16.9 Å². The van der Waals surface area contributed by atoms with Crippen LogP contribution in [0.5, 0.6) is 5.75 Å². The summed E-state index contributed by atoms with van der Waals surface area (Å²) in [7, 11) is 1.60. The first-order valence-electron chi connectivity index (χ1n) is 9.24. The first-order chi connectivity index (χ1) is 14.1. The van der Waals surface area contributed by atoms with Gasteiger partial charge in [0.15, 0.2) is 0 Å². The third-order valence-electron chi connectivity index (χ3n) is 4.75. The summed E-state index contributed by atoms with van der Waals surface area (Å²) >= 11 is 1.32. The first-order valence-corrected chi connectivity index (χ1v) is 10.1. The quantitative estimate of drug-likeness (QED) is 0.677. The van der Waals surface area contributed by atoms with Gasteiger partial charge in [-0.15, -0.1) is 10.2 Å². The second-order valence-corrected chi connectivity index (χ2v) is 7.77. The van der Waals surface area contributed by atoms with Crippen LogP contribution in [0.2, 0.25) is 0 Å². The Morgan fingerprint density at radius 1 is 1.17 bits per heavy atom. The van der Waals surface area contributed by atoms with Crippen molar-refractivity contribution in [3.05, 3.63) is 65.2 Å². The van der Waals surface area contributed by atoms with E-state index in [1.807, 2.05) is 54.6 Å². The molecule has 29 heavy (non-hydrogen) atoms. The van der Waals surface area contributed by atoms with Crippen LogP contribution >= 0.6 is 11.3 Å². The highest BCUT2D eigenvalue weighted by Gasteiger charge is 2.33. The van der Waals surface area contributed by atoms with Crippen molar-refractivity contribution in [1.29, 1.82) is 0 Å². The predicted octanol–water partition coefficient (Wildman–Crippen LogP) is 3.25. The number of carbonyl (C=O) groups is 2. The lowest BCUT2D eigenvalue weighted by atomic mass is 10.1. The molecule has 0 radical (unpaired) electrons. The number of benzene rings is 2. The van der Waals surface area contributed by atoms with Crippen LogP contribution in [0.1, 0.15) is 22.9 Å². The number of anilines is 2. The van der Waals surface area contributed by atoms with E-state index in [0.29, 0.717) is 18.1 Å². The molecule has 0 saturated carbocycles. The van der Waals surface area contributed by atoms with E-state index in [0.717, 1.165) is 22.0 Å². The summed E-state index contributed by atoms with van der Waals surface area (Å²) in [6, 6.07) is 16.9. The van der Waals surface area contributed by atoms with Crippen molar-refractivity contribution in [2.24, 2.45) is 0 Å². The highest BCUT2D eigenvalue weighted by atomic mass is 32.1. The van der Waals surface area contributed by atoms with Crippen molar-refractivity contribution in [2.75, 3.05) is 23.9 Å². The largest absolute Gasteiger partial charge is 0.497 e. The number of methoxy groups -OCH3 is 1. The van der Waals surface area contributed by atoms with Gasteiger partial charge in [-0.3, -0.25) is 9.59 Å². The van der Waals surface area contributed by atoms with Crippen LogP contribution in [0.4, 0.5) is 10.8 Å². The molecule has 4 rings (SSSR count). The first kappa shape index (κ1) is 19.1. The fraction of sp³-hybridized carbons (Fsp3) is 0.238. The standard InChI is InChI=1S/C21H20N4O3S/c1-28-17-9-7-14(8-10-17)11-18(26)22-21-24-23-20(29-21)15-12-19(27)25(13-15)16-5-3-2-4-6-16/h2-10,15H,11-13H2,1H3,(H,22,24,26). The van der Waals surface area contributed by atoms with Gasteiger partial charge in [-0.1, -0.05) is 41.7 Å². The normalized spacial score (nSPS) is 16.1. The highest BCUT2D eigenvalue weighted by molar-refractivity contribution is 7.15. The molecule has 1 atom stereocenters.